The monoisotopic (exact) mass is 250 g/mol. The number of carboxylic acids is 2. The molecular weight excluding hydrogens is 232 g/mol. The van der Waals surface area contributed by atoms with E-state index in [0.717, 1.165) is 12.8 Å². The molecule has 0 bridgehead atoms. The van der Waals surface area contributed by atoms with Crippen molar-refractivity contribution in [3.63, 3.8) is 0 Å². The van der Waals surface area contributed by atoms with Crippen LogP contribution in [0.25, 0.3) is 0 Å². The van der Waals surface area contributed by atoms with Crippen LogP contribution in [0.2, 0.25) is 0 Å². The summed E-state index contributed by atoms with van der Waals surface area (Å²) >= 11 is 0. The highest BCUT2D eigenvalue weighted by molar-refractivity contribution is 5.66. The topological polar surface area (TPSA) is 74.6 Å². The Morgan fingerprint density at radius 1 is 0.722 bits per heavy atom. The molecule has 0 saturated heterocycles. The van der Waals surface area contributed by atoms with Gasteiger partial charge in [0, 0.05) is 25.7 Å². The maximum Gasteiger partial charge on any atom is 0.303 e. The van der Waals surface area contributed by atoms with Crippen LogP contribution in [0.3, 0.4) is 0 Å². The number of aliphatic carboxylic acids is 2. The van der Waals surface area contributed by atoms with E-state index in [2.05, 4.69) is 23.7 Å². The van der Waals surface area contributed by atoms with Gasteiger partial charge in [0.25, 0.3) is 0 Å². The zero-order chi connectivity index (χ0) is 13.6. The zero-order valence-electron chi connectivity index (χ0n) is 10.4. The van der Waals surface area contributed by atoms with E-state index in [4.69, 9.17) is 10.2 Å². The van der Waals surface area contributed by atoms with Gasteiger partial charge < -0.3 is 10.2 Å². The summed E-state index contributed by atoms with van der Waals surface area (Å²) in [5.41, 5.74) is 0. The van der Waals surface area contributed by atoms with Crippen molar-refractivity contribution in [1.29, 1.82) is 0 Å². The molecule has 0 saturated carbocycles. The minimum absolute atomic E-state index is 0.191. The Bertz CT molecular complexity index is 338. The van der Waals surface area contributed by atoms with Crippen molar-refractivity contribution in [3.8, 4) is 23.7 Å². The van der Waals surface area contributed by atoms with Gasteiger partial charge in [-0.15, -0.1) is 0 Å². The van der Waals surface area contributed by atoms with Crippen LogP contribution in [0, 0.1) is 23.7 Å². The first-order valence-corrected chi connectivity index (χ1v) is 6.02. The van der Waals surface area contributed by atoms with Crippen LogP contribution in [-0.4, -0.2) is 22.2 Å². The van der Waals surface area contributed by atoms with Gasteiger partial charge in [0.2, 0.25) is 0 Å². The van der Waals surface area contributed by atoms with Crippen molar-refractivity contribution < 1.29 is 19.8 Å². The lowest BCUT2D eigenvalue weighted by atomic mass is 10.2. The number of unbranched alkanes of at least 4 members (excludes halogenated alkanes) is 4. The Morgan fingerprint density at radius 3 is 1.44 bits per heavy atom. The van der Waals surface area contributed by atoms with Gasteiger partial charge >= 0.3 is 11.9 Å². The lowest BCUT2D eigenvalue weighted by molar-refractivity contribution is -0.138. The Balaban J connectivity index is 3.42. The van der Waals surface area contributed by atoms with Gasteiger partial charge in [-0.1, -0.05) is 11.8 Å². The van der Waals surface area contributed by atoms with Crippen molar-refractivity contribution in [3.05, 3.63) is 0 Å². The predicted molar refractivity (Wildman–Crippen MR) is 67.8 cm³/mol. The van der Waals surface area contributed by atoms with Gasteiger partial charge in [-0.3, -0.25) is 9.59 Å². The van der Waals surface area contributed by atoms with Gasteiger partial charge in [0.05, 0.1) is 0 Å². The highest BCUT2D eigenvalue weighted by Gasteiger charge is 1.94. The van der Waals surface area contributed by atoms with E-state index in [9.17, 15) is 9.59 Å². The largest absolute Gasteiger partial charge is 0.481 e. The second-order valence-corrected chi connectivity index (χ2v) is 3.81. The summed E-state index contributed by atoms with van der Waals surface area (Å²) in [5, 5.41) is 16.8. The molecule has 0 aromatic carbocycles. The Labute approximate surface area is 107 Å². The molecular formula is C14H18O4. The normalized spacial score (nSPS) is 8.67. The summed E-state index contributed by atoms with van der Waals surface area (Å²) in [7, 11) is 0. The third-order valence-corrected chi connectivity index (χ3v) is 2.12. The Hall–Kier alpha value is -1.94. The van der Waals surface area contributed by atoms with Gasteiger partial charge in [-0.25, -0.2) is 0 Å². The van der Waals surface area contributed by atoms with E-state index in [-0.39, 0.29) is 12.8 Å². The van der Waals surface area contributed by atoms with Crippen molar-refractivity contribution in [2.45, 2.75) is 51.4 Å². The molecule has 0 amide bonds. The summed E-state index contributed by atoms with van der Waals surface area (Å²) in [6, 6.07) is 0. The minimum Gasteiger partial charge on any atom is -0.481 e. The molecule has 0 aliphatic heterocycles. The maximum absolute atomic E-state index is 10.2. The summed E-state index contributed by atoms with van der Waals surface area (Å²) in [6.45, 7) is 0. The lowest BCUT2D eigenvalue weighted by Crippen LogP contribution is -1.93. The zero-order valence-corrected chi connectivity index (χ0v) is 10.4. The van der Waals surface area contributed by atoms with E-state index >= 15 is 0 Å². The molecule has 4 heteroatoms. The molecule has 0 atom stereocenters. The highest BCUT2D eigenvalue weighted by Crippen LogP contribution is 1.99. The second kappa shape index (κ2) is 11.5. The number of carboxylic acid groups (broad SMARTS) is 2. The molecule has 0 fully saturated rings. The number of rotatable bonds is 8. The molecule has 0 radical (unpaired) electrons. The second-order valence-electron chi connectivity index (χ2n) is 3.81. The van der Waals surface area contributed by atoms with Crippen LogP contribution >= 0.6 is 0 Å². The van der Waals surface area contributed by atoms with Crippen molar-refractivity contribution >= 4 is 11.9 Å². The quantitative estimate of drug-likeness (QED) is 0.512. The van der Waals surface area contributed by atoms with Gasteiger partial charge in [-0.05, 0) is 37.5 Å². The molecule has 2 N–H and O–H groups in total. The Kier molecular flexibility index (Phi) is 10.3. The first-order valence-electron chi connectivity index (χ1n) is 6.02. The average molecular weight is 250 g/mol. The summed E-state index contributed by atoms with van der Waals surface area (Å²) < 4.78 is 0. The lowest BCUT2D eigenvalue weighted by Gasteiger charge is -1.90. The predicted octanol–water partition coefficient (Wildman–Crippen LogP) is 2.28. The first-order chi connectivity index (χ1) is 8.63. The van der Waals surface area contributed by atoms with Crippen molar-refractivity contribution in [2.75, 3.05) is 0 Å². The van der Waals surface area contributed by atoms with Crippen molar-refractivity contribution in [2.24, 2.45) is 0 Å². The molecule has 0 rings (SSSR count). The van der Waals surface area contributed by atoms with E-state index in [1.165, 1.54) is 0 Å². The number of carbonyl (C=O) groups is 2. The maximum atomic E-state index is 10.2. The summed E-state index contributed by atoms with van der Waals surface area (Å²) in [6.07, 6.45) is 4.56. The molecule has 0 aromatic rings. The molecule has 18 heavy (non-hydrogen) atoms. The molecule has 98 valence electrons. The fraction of sp³-hybridized carbons (Fsp3) is 0.571. The van der Waals surface area contributed by atoms with Crippen molar-refractivity contribution in [1.82, 2.24) is 0 Å². The molecule has 4 nitrogen and oxygen atoms in total. The fourth-order valence-corrected chi connectivity index (χ4v) is 1.19. The van der Waals surface area contributed by atoms with Gasteiger partial charge in [-0.2, -0.15) is 0 Å². The van der Waals surface area contributed by atoms with Gasteiger partial charge in [0.15, 0.2) is 0 Å². The highest BCUT2D eigenvalue weighted by atomic mass is 16.4. The van der Waals surface area contributed by atoms with Crippen LogP contribution in [-0.2, 0) is 9.59 Å². The SMILES string of the molecule is O=C(O)CCCCC#CC#CCCCCC(=O)O. The Morgan fingerprint density at radius 2 is 1.11 bits per heavy atom. The molecule has 0 heterocycles. The van der Waals surface area contributed by atoms with E-state index in [1.807, 2.05) is 0 Å². The summed E-state index contributed by atoms with van der Waals surface area (Å²) in [4.78, 5) is 20.4. The van der Waals surface area contributed by atoms with E-state index in [0.29, 0.717) is 25.7 Å². The van der Waals surface area contributed by atoms with Crippen LogP contribution in [0.1, 0.15) is 51.4 Å². The number of hydrogen-bond donors (Lipinski definition) is 2. The third-order valence-electron chi connectivity index (χ3n) is 2.12. The molecule has 0 unspecified atom stereocenters. The van der Waals surface area contributed by atoms with E-state index < -0.39 is 11.9 Å². The molecule has 0 aliphatic rings. The fourth-order valence-electron chi connectivity index (χ4n) is 1.19. The van der Waals surface area contributed by atoms with Crippen LogP contribution in [0.5, 0.6) is 0 Å². The van der Waals surface area contributed by atoms with E-state index in [1.54, 1.807) is 0 Å². The standard InChI is InChI=1S/C14H18O4/c15-13(16)11-9-7-5-3-1-2-4-6-8-10-12-14(17)18/h5-12H2,(H,15,16)(H,17,18). The molecule has 0 spiro atoms. The smallest absolute Gasteiger partial charge is 0.303 e. The summed E-state index contributed by atoms with van der Waals surface area (Å²) in [5.74, 6) is 9.56. The average Bonchev–Trinajstić information content (AvgIpc) is 2.29. The van der Waals surface area contributed by atoms with Crippen LogP contribution in [0.15, 0.2) is 0 Å². The van der Waals surface area contributed by atoms with Gasteiger partial charge in [0.1, 0.15) is 0 Å². The first kappa shape index (κ1) is 16.1. The number of hydrogen-bond acceptors (Lipinski definition) is 2. The van der Waals surface area contributed by atoms with Crippen LogP contribution < -0.4 is 0 Å². The van der Waals surface area contributed by atoms with Crippen LogP contribution in [0.4, 0.5) is 0 Å². The third kappa shape index (κ3) is 14.1. The molecule has 0 aromatic heterocycles. The molecule has 0 aliphatic carbocycles. The minimum atomic E-state index is -0.774.